The largest absolute Gasteiger partial charge is 0.477 e. The fourth-order valence-corrected chi connectivity index (χ4v) is 2.26. The zero-order valence-corrected chi connectivity index (χ0v) is 13.7. The number of nitrogens with zero attached hydrogens (tertiary/aromatic N) is 2. The van der Waals surface area contributed by atoms with Crippen LogP contribution in [0.5, 0.6) is 0 Å². The molecule has 0 saturated heterocycles. The average Bonchev–Trinajstić information content (AvgIpc) is 2.43. The first-order chi connectivity index (χ1) is 10.3. The van der Waals surface area contributed by atoms with Gasteiger partial charge < -0.3 is 10.0 Å². The van der Waals surface area contributed by atoms with Crippen LogP contribution in [0.4, 0.5) is 5.69 Å². The molecule has 0 aliphatic heterocycles. The van der Waals surface area contributed by atoms with Gasteiger partial charge in [-0.3, -0.25) is 0 Å². The number of aliphatic carboxylic acids is 1. The highest BCUT2D eigenvalue weighted by atomic mass is 16.4. The Bertz CT molecular complexity index is 556. The molecule has 1 aromatic carbocycles. The highest BCUT2D eigenvalue weighted by Crippen LogP contribution is 2.19. The van der Waals surface area contributed by atoms with Crippen LogP contribution < -0.4 is 4.90 Å². The molecule has 0 fully saturated rings. The monoisotopic (exact) mass is 300 g/mol. The summed E-state index contributed by atoms with van der Waals surface area (Å²) in [6.07, 6.45) is 1.39. The fourth-order valence-electron chi connectivity index (χ4n) is 2.26. The molecular weight excluding hydrogens is 276 g/mol. The standard InChI is InChI=1S/C18H24N2O2/c1-13(2)11-20(12-14(3)4)17-7-5-15(6-8-17)9-16(10-19)18(21)22/h5-9,13-14H,11-12H2,1-4H3,(H,21,22)/b16-9+. The number of benzene rings is 1. The van der Waals surface area contributed by atoms with Gasteiger partial charge in [-0.25, -0.2) is 4.79 Å². The van der Waals surface area contributed by atoms with Gasteiger partial charge in [0.1, 0.15) is 11.6 Å². The van der Waals surface area contributed by atoms with E-state index in [1.165, 1.54) is 6.08 Å². The van der Waals surface area contributed by atoms with Crippen molar-refractivity contribution in [1.82, 2.24) is 0 Å². The quantitative estimate of drug-likeness (QED) is 0.614. The third kappa shape index (κ3) is 5.61. The molecule has 0 saturated carbocycles. The molecule has 118 valence electrons. The Balaban J connectivity index is 2.98. The smallest absolute Gasteiger partial charge is 0.346 e. The predicted octanol–water partition coefficient (Wildman–Crippen LogP) is 3.80. The van der Waals surface area contributed by atoms with Gasteiger partial charge >= 0.3 is 5.97 Å². The van der Waals surface area contributed by atoms with Crippen LogP contribution in [-0.2, 0) is 4.79 Å². The second kappa shape index (κ2) is 8.23. The third-order valence-electron chi connectivity index (χ3n) is 3.09. The Labute approximate surface area is 132 Å². The van der Waals surface area contributed by atoms with Gasteiger partial charge in [0.05, 0.1) is 0 Å². The van der Waals surface area contributed by atoms with Crippen molar-refractivity contribution in [2.45, 2.75) is 27.7 Å². The Hall–Kier alpha value is -2.28. The second-order valence-corrected chi connectivity index (χ2v) is 6.26. The predicted molar refractivity (Wildman–Crippen MR) is 89.6 cm³/mol. The topological polar surface area (TPSA) is 64.3 Å². The Morgan fingerprint density at radius 1 is 1.18 bits per heavy atom. The molecule has 22 heavy (non-hydrogen) atoms. The zero-order chi connectivity index (χ0) is 16.7. The van der Waals surface area contributed by atoms with Crippen molar-refractivity contribution in [3.63, 3.8) is 0 Å². The molecular formula is C18H24N2O2. The average molecular weight is 300 g/mol. The molecule has 0 radical (unpaired) electrons. The molecule has 0 aromatic heterocycles. The third-order valence-corrected chi connectivity index (χ3v) is 3.09. The van der Waals surface area contributed by atoms with Crippen molar-refractivity contribution < 1.29 is 9.90 Å². The van der Waals surface area contributed by atoms with Crippen molar-refractivity contribution in [1.29, 1.82) is 5.26 Å². The van der Waals surface area contributed by atoms with Crippen LogP contribution in [-0.4, -0.2) is 24.2 Å². The fraction of sp³-hybridized carbons (Fsp3) is 0.444. The van der Waals surface area contributed by atoms with Crippen LogP contribution in [0.3, 0.4) is 0 Å². The maximum Gasteiger partial charge on any atom is 0.346 e. The summed E-state index contributed by atoms with van der Waals surface area (Å²) in [5.74, 6) is -0.0705. The Morgan fingerprint density at radius 2 is 1.68 bits per heavy atom. The molecule has 0 amide bonds. The summed E-state index contributed by atoms with van der Waals surface area (Å²) in [5, 5.41) is 17.7. The van der Waals surface area contributed by atoms with Gasteiger partial charge in [-0.2, -0.15) is 5.26 Å². The lowest BCUT2D eigenvalue weighted by molar-refractivity contribution is -0.132. The first-order valence-corrected chi connectivity index (χ1v) is 7.53. The van der Waals surface area contributed by atoms with Crippen molar-refractivity contribution in [3.05, 3.63) is 35.4 Å². The van der Waals surface area contributed by atoms with Crippen LogP contribution >= 0.6 is 0 Å². The molecule has 4 nitrogen and oxygen atoms in total. The van der Waals surface area contributed by atoms with Gasteiger partial charge in [0.2, 0.25) is 0 Å². The van der Waals surface area contributed by atoms with E-state index in [1.807, 2.05) is 24.3 Å². The molecule has 0 aliphatic carbocycles. The van der Waals surface area contributed by atoms with E-state index in [0.29, 0.717) is 11.8 Å². The van der Waals surface area contributed by atoms with Crippen molar-refractivity contribution >= 4 is 17.7 Å². The number of anilines is 1. The molecule has 0 atom stereocenters. The lowest BCUT2D eigenvalue weighted by Crippen LogP contribution is -2.31. The van der Waals surface area contributed by atoms with Crippen molar-refractivity contribution in [2.24, 2.45) is 11.8 Å². The highest BCUT2D eigenvalue weighted by Gasteiger charge is 2.11. The van der Waals surface area contributed by atoms with Gasteiger partial charge in [-0.15, -0.1) is 0 Å². The van der Waals surface area contributed by atoms with Gasteiger partial charge in [0.15, 0.2) is 0 Å². The minimum atomic E-state index is -1.20. The van der Waals surface area contributed by atoms with E-state index in [4.69, 9.17) is 10.4 Å². The van der Waals surface area contributed by atoms with Crippen LogP contribution in [0, 0.1) is 23.2 Å². The summed E-state index contributed by atoms with van der Waals surface area (Å²) in [7, 11) is 0. The number of carbonyl (C=O) groups is 1. The lowest BCUT2D eigenvalue weighted by atomic mass is 10.1. The minimum absolute atomic E-state index is 0.256. The molecule has 0 aliphatic rings. The molecule has 0 heterocycles. The van der Waals surface area contributed by atoms with E-state index in [2.05, 4.69) is 32.6 Å². The first-order valence-electron chi connectivity index (χ1n) is 7.53. The summed E-state index contributed by atoms with van der Waals surface area (Å²) in [6, 6.07) is 9.35. The molecule has 1 aromatic rings. The summed E-state index contributed by atoms with van der Waals surface area (Å²) in [6.45, 7) is 10.7. The molecule has 0 bridgehead atoms. The van der Waals surface area contributed by atoms with E-state index < -0.39 is 5.97 Å². The van der Waals surface area contributed by atoms with Crippen LogP contribution in [0.1, 0.15) is 33.3 Å². The van der Waals surface area contributed by atoms with E-state index in [0.717, 1.165) is 24.3 Å². The molecule has 4 heteroatoms. The normalized spacial score (nSPS) is 11.6. The minimum Gasteiger partial charge on any atom is -0.477 e. The van der Waals surface area contributed by atoms with Gasteiger partial charge in [-0.1, -0.05) is 39.8 Å². The SMILES string of the molecule is CC(C)CN(CC(C)C)c1ccc(/C=C(\C#N)C(=O)O)cc1. The molecule has 1 rings (SSSR count). The second-order valence-electron chi connectivity index (χ2n) is 6.26. The van der Waals surface area contributed by atoms with Crippen molar-refractivity contribution in [2.75, 3.05) is 18.0 Å². The number of hydrogen-bond donors (Lipinski definition) is 1. The lowest BCUT2D eigenvalue weighted by Gasteiger charge is -2.28. The maximum atomic E-state index is 10.9. The van der Waals surface area contributed by atoms with E-state index in [9.17, 15) is 4.79 Å². The summed E-state index contributed by atoms with van der Waals surface area (Å²) in [4.78, 5) is 13.2. The van der Waals surface area contributed by atoms with Gasteiger partial charge in [0, 0.05) is 18.8 Å². The van der Waals surface area contributed by atoms with Gasteiger partial charge in [-0.05, 0) is 35.6 Å². The van der Waals surface area contributed by atoms with Crippen molar-refractivity contribution in [3.8, 4) is 6.07 Å². The first kappa shape index (κ1) is 17.8. The summed E-state index contributed by atoms with van der Waals surface area (Å²) >= 11 is 0. The molecule has 0 unspecified atom stereocenters. The Kier molecular flexibility index (Phi) is 6.65. The number of hydrogen-bond acceptors (Lipinski definition) is 3. The molecule has 0 spiro atoms. The van der Waals surface area contributed by atoms with Crippen LogP contribution in [0.15, 0.2) is 29.8 Å². The summed E-state index contributed by atoms with van der Waals surface area (Å²) < 4.78 is 0. The van der Waals surface area contributed by atoms with Gasteiger partial charge in [0.25, 0.3) is 0 Å². The highest BCUT2D eigenvalue weighted by molar-refractivity contribution is 5.96. The number of carboxylic acids is 1. The zero-order valence-electron chi connectivity index (χ0n) is 13.7. The number of nitriles is 1. The van der Waals surface area contributed by atoms with Crippen LogP contribution in [0.2, 0.25) is 0 Å². The summed E-state index contributed by atoms with van der Waals surface area (Å²) in [5.41, 5.74) is 1.58. The maximum absolute atomic E-state index is 10.9. The van der Waals surface area contributed by atoms with Crippen LogP contribution in [0.25, 0.3) is 6.08 Å². The number of carboxylic acid groups (broad SMARTS) is 1. The van der Waals surface area contributed by atoms with E-state index in [-0.39, 0.29) is 5.57 Å². The Morgan fingerprint density at radius 3 is 2.05 bits per heavy atom. The van der Waals surface area contributed by atoms with E-state index >= 15 is 0 Å². The van der Waals surface area contributed by atoms with E-state index in [1.54, 1.807) is 6.07 Å². The molecule has 1 N–H and O–H groups in total. The number of rotatable bonds is 7.